The van der Waals surface area contributed by atoms with Gasteiger partial charge in [-0.2, -0.15) is 0 Å². The number of nitrogens with zero attached hydrogens (tertiary/aromatic N) is 7. The van der Waals surface area contributed by atoms with Crippen LogP contribution in [0.3, 0.4) is 0 Å². The third kappa shape index (κ3) is 5.03. The monoisotopic (exact) mass is 578 g/mol. The second kappa shape index (κ2) is 10.6. The van der Waals surface area contributed by atoms with E-state index in [-0.39, 0.29) is 29.0 Å². The SMILES string of the molecule is C=C[C@H]1CC[C@H](Cn2c(C(C)(F)c3ncccc3F)nc3nc(-c4noc(=O)[nH]4)nc(-c4cncc(Cl)c4)c32)CC1. The van der Waals surface area contributed by atoms with E-state index in [1.54, 1.807) is 16.8 Å². The summed E-state index contributed by atoms with van der Waals surface area (Å²) >= 11 is 6.28. The number of allylic oxidation sites excluding steroid dienone is 1. The molecule has 1 saturated carbocycles. The fourth-order valence-electron chi connectivity index (χ4n) is 5.45. The number of fused-ring (bicyclic) bond motifs is 1. The molecule has 210 valence electrons. The Morgan fingerprint density at radius 2 is 2.05 bits per heavy atom. The molecule has 6 rings (SSSR count). The van der Waals surface area contributed by atoms with Gasteiger partial charge in [-0.1, -0.05) is 22.8 Å². The summed E-state index contributed by atoms with van der Waals surface area (Å²) in [6, 6.07) is 4.22. The van der Waals surface area contributed by atoms with Crippen molar-refractivity contribution in [2.24, 2.45) is 11.8 Å². The Balaban J connectivity index is 1.62. The number of H-pyrrole nitrogens is 1. The largest absolute Gasteiger partial charge is 0.439 e. The molecule has 5 aromatic heterocycles. The fourth-order valence-corrected chi connectivity index (χ4v) is 5.62. The lowest BCUT2D eigenvalue weighted by Gasteiger charge is -2.29. The Hall–Kier alpha value is -4.32. The van der Waals surface area contributed by atoms with Crippen molar-refractivity contribution in [2.75, 3.05) is 0 Å². The van der Waals surface area contributed by atoms with Gasteiger partial charge in [0, 0.05) is 30.7 Å². The van der Waals surface area contributed by atoms with E-state index in [9.17, 15) is 9.18 Å². The van der Waals surface area contributed by atoms with E-state index in [4.69, 9.17) is 11.6 Å². The highest BCUT2D eigenvalue weighted by Gasteiger charge is 2.40. The van der Waals surface area contributed by atoms with Gasteiger partial charge in [-0.3, -0.25) is 19.5 Å². The summed E-state index contributed by atoms with van der Waals surface area (Å²) in [5, 5.41) is 4.06. The molecular formula is C28H25ClF2N8O2. The summed E-state index contributed by atoms with van der Waals surface area (Å²) in [6.45, 7) is 5.54. The minimum Gasteiger partial charge on any atom is -0.321 e. The topological polar surface area (TPSA) is 128 Å². The van der Waals surface area contributed by atoms with E-state index in [0.29, 0.717) is 34.3 Å². The van der Waals surface area contributed by atoms with Crippen LogP contribution < -0.4 is 5.76 Å². The molecule has 13 heteroatoms. The minimum absolute atomic E-state index is 0.00871. The van der Waals surface area contributed by atoms with Gasteiger partial charge < -0.3 is 4.57 Å². The summed E-state index contributed by atoms with van der Waals surface area (Å²) in [4.78, 5) is 36.1. The Bertz CT molecular complexity index is 1810. The molecule has 5 aromatic rings. The van der Waals surface area contributed by atoms with E-state index in [1.807, 2.05) is 6.08 Å². The van der Waals surface area contributed by atoms with Crippen molar-refractivity contribution in [2.45, 2.75) is 44.8 Å². The van der Waals surface area contributed by atoms with Crippen LogP contribution in [0.15, 0.2) is 58.8 Å². The zero-order valence-corrected chi connectivity index (χ0v) is 22.8. The van der Waals surface area contributed by atoms with Crippen LogP contribution in [0.5, 0.6) is 0 Å². The normalized spacial score (nSPS) is 18.8. The summed E-state index contributed by atoms with van der Waals surface area (Å²) in [5.41, 5.74) is -1.47. The molecule has 1 aliphatic rings. The predicted octanol–water partition coefficient (Wildman–Crippen LogP) is 5.64. The van der Waals surface area contributed by atoms with E-state index >= 15 is 4.39 Å². The lowest BCUT2D eigenvalue weighted by atomic mass is 9.82. The zero-order chi connectivity index (χ0) is 28.7. The number of hydrogen-bond acceptors (Lipinski definition) is 8. The second-order valence-corrected chi connectivity index (χ2v) is 10.7. The number of alkyl halides is 1. The molecular weight excluding hydrogens is 554 g/mol. The number of halogens is 3. The van der Waals surface area contributed by atoms with Gasteiger partial charge in [-0.15, -0.1) is 6.58 Å². The maximum absolute atomic E-state index is 16.9. The standard InChI is InChI=1S/C28H25ClF2N8O2/c1-3-15-6-8-16(9-7-15)14-39-21-20(17-11-18(29)13-32-12-17)34-24(25-37-27(40)41-38-25)35-23(21)36-26(39)28(2,31)22-19(30)5-4-10-33-22/h3-5,10-13,15-16H,1,6-9,14H2,2H3,(H,37,38,40)/t15-,16-,28?. The van der Waals surface area contributed by atoms with E-state index < -0.39 is 22.9 Å². The first kappa shape index (κ1) is 26.9. The average molecular weight is 579 g/mol. The number of aromatic nitrogens is 8. The van der Waals surface area contributed by atoms with Crippen LogP contribution in [0.25, 0.3) is 34.1 Å². The molecule has 0 saturated heterocycles. The van der Waals surface area contributed by atoms with Crippen LogP contribution in [-0.4, -0.2) is 39.6 Å². The van der Waals surface area contributed by atoms with Crippen LogP contribution >= 0.6 is 11.6 Å². The van der Waals surface area contributed by atoms with E-state index in [1.165, 1.54) is 25.4 Å². The zero-order valence-electron chi connectivity index (χ0n) is 22.0. The molecule has 41 heavy (non-hydrogen) atoms. The van der Waals surface area contributed by atoms with Crippen molar-refractivity contribution in [3.05, 3.63) is 82.4 Å². The van der Waals surface area contributed by atoms with Gasteiger partial charge >= 0.3 is 5.76 Å². The summed E-state index contributed by atoms with van der Waals surface area (Å²) < 4.78 is 38.1. The van der Waals surface area contributed by atoms with Crippen molar-refractivity contribution in [3.63, 3.8) is 0 Å². The summed E-state index contributed by atoms with van der Waals surface area (Å²) in [6.07, 6.45) is 10.1. The van der Waals surface area contributed by atoms with Gasteiger partial charge in [0.1, 0.15) is 22.7 Å². The highest BCUT2D eigenvalue weighted by atomic mass is 35.5. The van der Waals surface area contributed by atoms with Crippen molar-refractivity contribution >= 4 is 22.8 Å². The van der Waals surface area contributed by atoms with Gasteiger partial charge in [-0.25, -0.2) is 28.5 Å². The molecule has 1 atom stereocenters. The molecule has 1 aliphatic carbocycles. The molecule has 0 amide bonds. The van der Waals surface area contributed by atoms with Crippen molar-refractivity contribution in [3.8, 4) is 22.9 Å². The fraction of sp³-hybridized carbons (Fsp3) is 0.321. The molecule has 1 fully saturated rings. The van der Waals surface area contributed by atoms with Crippen molar-refractivity contribution in [1.29, 1.82) is 0 Å². The molecule has 0 aliphatic heterocycles. The lowest BCUT2D eigenvalue weighted by Crippen LogP contribution is -2.28. The molecule has 1 unspecified atom stereocenters. The first-order chi connectivity index (χ1) is 19.7. The Kier molecular flexibility index (Phi) is 6.94. The molecule has 0 radical (unpaired) electrons. The molecule has 0 aromatic carbocycles. The third-order valence-electron chi connectivity index (χ3n) is 7.52. The number of aromatic amines is 1. The van der Waals surface area contributed by atoms with Crippen LogP contribution in [-0.2, 0) is 12.2 Å². The lowest BCUT2D eigenvalue weighted by molar-refractivity contribution is 0.204. The first-order valence-electron chi connectivity index (χ1n) is 13.1. The van der Waals surface area contributed by atoms with E-state index in [0.717, 1.165) is 31.7 Å². The third-order valence-corrected chi connectivity index (χ3v) is 7.73. The first-order valence-corrected chi connectivity index (χ1v) is 13.5. The van der Waals surface area contributed by atoms with Gasteiger partial charge in [0.15, 0.2) is 11.5 Å². The molecule has 0 spiro atoms. The Labute approximate surface area is 237 Å². The Morgan fingerprint density at radius 1 is 1.24 bits per heavy atom. The van der Waals surface area contributed by atoms with Gasteiger partial charge in [0.25, 0.3) is 0 Å². The quantitative estimate of drug-likeness (QED) is 0.246. The molecule has 1 N–H and O–H groups in total. The smallest absolute Gasteiger partial charge is 0.321 e. The maximum atomic E-state index is 16.9. The highest BCUT2D eigenvalue weighted by molar-refractivity contribution is 6.30. The van der Waals surface area contributed by atoms with Crippen LogP contribution in [0.4, 0.5) is 8.78 Å². The number of pyridine rings is 2. The van der Waals surface area contributed by atoms with Crippen molar-refractivity contribution < 1.29 is 13.3 Å². The van der Waals surface area contributed by atoms with Crippen molar-refractivity contribution in [1.82, 2.24) is 39.6 Å². The molecule has 10 nitrogen and oxygen atoms in total. The minimum atomic E-state index is -2.43. The number of rotatable bonds is 7. The maximum Gasteiger partial charge on any atom is 0.439 e. The molecule has 0 bridgehead atoms. The number of imidazole rings is 1. The highest BCUT2D eigenvalue weighted by Crippen LogP contribution is 2.40. The van der Waals surface area contributed by atoms with Crippen LogP contribution in [0.1, 0.15) is 44.1 Å². The second-order valence-electron chi connectivity index (χ2n) is 10.3. The predicted molar refractivity (Wildman–Crippen MR) is 147 cm³/mol. The van der Waals surface area contributed by atoms with Gasteiger partial charge in [0.2, 0.25) is 17.3 Å². The van der Waals surface area contributed by atoms with Gasteiger partial charge in [0.05, 0.1) is 5.02 Å². The summed E-state index contributed by atoms with van der Waals surface area (Å²) in [7, 11) is 0. The molecule has 5 heterocycles. The van der Waals surface area contributed by atoms with Gasteiger partial charge in [-0.05, 0) is 62.6 Å². The average Bonchev–Trinajstić information content (AvgIpc) is 3.57. The van der Waals surface area contributed by atoms with E-state index in [2.05, 4.69) is 46.2 Å². The van der Waals surface area contributed by atoms with Crippen LogP contribution in [0, 0.1) is 17.7 Å². The van der Waals surface area contributed by atoms with Crippen LogP contribution in [0.2, 0.25) is 5.02 Å². The number of hydrogen-bond donors (Lipinski definition) is 1. The Morgan fingerprint density at radius 3 is 2.73 bits per heavy atom. The number of nitrogens with one attached hydrogen (secondary N) is 1. The summed E-state index contributed by atoms with van der Waals surface area (Å²) in [5.74, 6) is -1.10.